The molecule has 4 nitrogen and oxygen atoms in total. The molecule has 2 unspecified atom stereocenters. The molecule has 0 aromatic carbocycles. The summed E-state index contributed by atoms with van der Waals surface area (Å²) in [5.74, 6) is -0.0610. The lowest BCUT2D eigenvalue weighted by Gasteiger charge is -2.20. The Hall–Kier alpha value is -0.870. The first-order valence-electron chi connectivity index (χ1n) is 22.4. The summed E-state index contributed by atoms with van der Waals surface area (Å²) in [4.78, 5) is 12.3. The zero-order valence-electron chi connectivity index (χ0n) is 33.5. The third-order valence-electron chi connectivity index (χ3n) is 10.5. The van der Waals surface area contributed by atoms with E-state index in [9.17, 15) is 15.0 Å². The molecule has 0 aliphatic heterocycles. The predicted octanol–water partition coefficient (Wildman–Crippen LogP) is 13.9. The molecule has 49 heavy (non-hydrogen) atoms. The van der Waals surface area contributed by atoms with Gasteiger partial charge >= 0.3 is 0 Å². The second-order valence-electron chi connectivity index (χ2n) is 15.5. The van der Waals surface area contributed by atoms with Gasteiger partial charge < -0.3 is 15.5 Å². The number of carbonyl (C=O) groups excluding carboxylic acids is 1. The van der Waals surface area contributed by atoms with E-state index in [1.165, 1.54) is 205 Å². The van der Waals surface area contributed by atoms with E-state index < -0.39 is 12.1 Å². The van der Waals surface area contributed by atoms with E-state index in [1.807, 2.05) is 6.08 Å². The molecule has 0 aliphatic rings. The minimum absolute atomic E-state index is 0.0610. The van der Waals surface area contributed by atoms with Gasteiger partial charge in [0, 0.05) is 6.42 Å². The first kappa shape index (κ1) is 48.1. The molecule has 4 heteroatoms. The highest BCUT2D eigenvalue weighted by Crippen LogP contribution is 2.16. The molecular weight excluding hydrogens is 602 g/mol. The van der Waals surface area contributed by atoms with Gasteiger partial charge in [-0.25, -0.2) is 0 Å². The van der Waals surface area contributed by atoms with Crippen LogP contribution < -0.4 is 5.32 Å². The van der Waals surface area contributed by atoms with Gasteiger partial charge in [0.05, 0.1) is 18.8 Å². The fourth-order valence-corrected chi connectivity index (χ4v) is 7.06. The lowest BCUT2D eigenvalue weighted by Crippen LogP contribution is -2.45. The molecule has 0 saturated carbocycles. The number of unbranched alkanes of at least 4 members (excludes halogenated alkanes) is 34. The number of hydrogen-bond acceptors (Lipinski definition) is 3. The van der Waals surface area contributed by atoms with Crippen LogP contribution in [0.1, 0.15) is 251 Å². The Morgan fingerprint density at radius 3 is 1.06 bits per heavy atom. The van der Waals surface area contributed by atoms with Crippen LogP contribution in [-0.2, 0) is 4.79 Å². The molecule has 0 radical (unpaired) electrons. The second-order valence-corrected chi connectivity index (χ2v) is 15.5. The van der Waals surface area contributed by atoms with E-state index in [-0.39, 0.29) is 12.5 Å². The van der Waals surface area contributed by atoms with Crippen molar-refractivity contribution in [2.45, 2.75) is 264 Å². The Morgan fingerprint density at radius 2 is 0.755 bits per heavy atom. The van der Waals surface area contributed by atoms with Crippen molar-refractivity contribution in [3.63, 3.8) is 0 Å². The first-order valence-corrected chi connectivity index (χ1v) is 22.4. The summed E-state index contributed by atoms with van der Waals surface area (Å²) in [7, 11) is 0. The number of nitrogens with one attached hydrogen (secondary N) is 1. The van der Waals surface area contributed by atoms with E-state index in [0.717, 1.165) is 25.7 Å². The minimum Gasteiger partial charge on any atom is -0.394 e. The van der Waals surface area contributed by atoms with Crippen molar-refractivity contribution < 1.29 is 15.0 Å². The highest BCUT2D eigenvalue weighted by molar-refractivity contribution is 5.76. The highest BCUT2D eigenvalue weighted by atomic mass is 16.3. The maximum atomic E-state index is 12.3. The number of aliphatic hydroxyl groups is 2. The van der Waals surface area contributed by atoms with Gasteiger partial charge in [-0.3, -0.25) is 4.79 Å². The Balaban J connectivity index is 3.41. The maximum Gasteiger partial charge on any atom is 0.220 e. The van der Waals surface area contributed by atoms with E-state index in [2.05, 4.69) is 19.2 Å². The van der Waals surface area contributed by atoms with Crippen molar-refractivity contribution >= 4 is 5.91 Å². The van der Waals surface area contributed by atoms with Crippen LogP contribution in [0.15, 0.2) is 12.2 Å². The van der Waals surface area contributed by atoms with Crippen molar-refractivity contribution in [1.29, 1.82) is 0 Å². The van der Waals surface area contributed by atoms with Crippen molar-refractivity contribution in [1.82, 2.24) is 5.32 Å². The standard InChI is InChI=1S/C45H89NO3/c1-3-5-7-9-11-13-15-16-17-18-19-20-21-22-23-24-25-26-27-28-29-30-31-33-35-37-39-41-45(49)46-43(42-47)44(48)40-38-36-34-32-14-12-10-8-6-4-2/h38,40,43-44,47-48H,3-37,39,41-42H2,1-2H3,(H,46,49)/b40-38+. The molecule has 0 rings (SSSR count). The summed E-state index contributed by atoms with van der Waals surface area (Å²) in [6, 6.07) is -0.615. The van der Waals surface area contributed by atoms with Crippen LogP contribution in [0.3, 0.4) is 0 Å². The van der Waals surface area contributed by atoms with Gasteiger partial charge in [-0.2, -0.15) is 0 Å². The number of rotatable bonds is 41. The zero-order valence-corrected chi connectivity index (χ0v) is 33.5. The lowest BCUT2D eigenvalue weighted by atomic mass is 10.0. The van der Waals surface area contributed by atoms with Crippen LogP contribution in [-0.4, -0.2) is 34.9 Å². The maximum absolute atomic E-state index is 12.3. The summed E-state index contributed by atoms with van der Waals surface area (Å²) in [5.41, 5.74) is 0. The normalized spacial score (nSPS) is 13.0. The molecule has 2 atom stereocenters. The molecule has 0 aromatic rings. The fourth-order valence-electron chi connectivity index (χ4n) is 7.06. The molecule has 0 spiro atoms. The molecular formula is C45H89NO3. The van der Waals surface area contributed by atoms with Gasteiger partial charge in [0.1, 0.15) is 0 Å². The number of hydrogen-bond donors (Lipinski definition) is 3. The van der Waals surface area contributed by atoms with E-state index in [1.54, 1.807) is 6.08 Å². The van der Waals surface area contributed by atoms with Crippen LogP contribution in [0.4, 0.5) is 0 Å². The average Bonchev–Trinajstić information content (AvgIpc) is 3.10. The minimum atomic E-state index is -0.832. The largest absolute Gasteiger partial charge is 0.394 e. The molecule has 292 valence electrons. The van der Waals surface area contributed by atoms with Crippen molar-refractivity contribution in [2.75, 3.05) is 6.61 Å². The van der Waals surface area contributed by atoms with Crippen molar-refractivity contribution in [2.24, 2.45) is 0 Å². The van der Waals surface area contributed by atoms with Crippen molar-refractivity contribution in [3.8, 4) is 0 Å². The molecule has 0 bridgehead atoms. The molecule has 1 amide bonds. The van der Waals surface area contributed by atoms with Gasteiger partial charge in [-0.1, -0.05) is 238 Å². The molecule has 0 aromatic heterocycles. The van der Waals surface area contributed by atoms with E-state index in [4.69, 9.17) is 0 Å². The summed E-state index contributed by atoms with van der Waals surface area (Å²) in [6.07, 6.45) is 52.0. The third-order valence-corrected chi connectivity index (χ3v) is 10.5. The Kier molecular flexibility index (Phi) is 40.8. The van der Waals surface area contributed by atoms with E-state index in [0.29, 0.717) is 6.42 Å². The Labute approximate surface area is 307 Å². The number of aliphatic hydroxyl groups excluding tert-OH is 2. The molecule has 0 heterocycles. The summed E-state index contributed by atoms with van der Waals surface area (Å²) in [5, 5.41) is 22.9. The number of allylic oxidation sites excluding steroid dienone is 1. The van der Waals surface area contributed by atoms with Gasteiger partial charge in [0.15, 0.2) is 0 Å². The Bertz CT molecular complexity index is 666. The van der Waals surface area contributed by atoms with Gasteiger partial charge in [0.2, 0.25) is 5.91 Å². The molecule has 0 saturated heterocycles. The summed E-state index contributed by atoms with van der Waals surface area (Å²) in [6.45, 7) is 4.31. The summed E-state index contributed by atoms with van der Waals surface area (Å²) < 4.78 is 0. The SMILES string of the molecule is CCCCCCCCCC/C=C/C(O)C(CO)NC(=O)CCCCCCCCCCCCCCCCCCCCCCCCCCCCC. The average molecular weight is 692 g/mol. The zero-order chi connectivity index (χ0) is 35.7. The van der Waals surface area contributed by atoms with Gasteiger partial charge in [0.25, 0.3) is 0 Å². The molecule has 0 aliphatic carbocycles. The van der Waals surface area contributed by atoms with Gasteiger partial charge in [-0.15, -0.1) is 0 Å². The monoisotopic (exact) mass is 692 g/mol. The smallest absolute Gasteiger partial charge is 0.220 e. The van der Waals surface area contributed by atoms with Crippen LogP contribution in [0.25, 0.3) is 0 Å². The highest BCUT2D eigenvalue weighted by Gasteiger charge is 2.17. The van der Waals surface area contributed by atoms with Crippen LogP contribution >= 0.6 is 0 Å². The number of amides is 1. The number of carbonyl (C=O) groups is 1. The second kappa shape index (κ2) is 41.5. The quantitative estimate of drug-likeness (QED) is 0.0441. The van der Waals surface area contributed by atoms with Crippen LogP contribution in [0.5, 0.6) is 0 Å². The van der Waals surface area contributed by atoms with Crippen molar-refractivity contribution in [3.05, 3.63) is 12.2 Å². The third kappa shape index (κ3) is 38.2. The first-order chi connectivity index (χ1) is 24.2. The molecule has 3 N–H and O–H groups in total. The van der Waals surface area contributed by atoms with E-state index >= 15 is 0 Å². The predicted molar refractivity (Wildman–Crippen MR) is 216 cm³/mol. The topological polar surface area (TPSA) is 69.6 Å². The molecule has 0 fully saturated rings. The van der Waals surface area contributed by atoms with Crippen LogP contribution in [0.2, 0.25) is 0 Å². The fraction of sp³-hybridized carbons (Fsp3) is 0.933. The summed E-state index contributed by atoms with van der Waals surface area (Å²) >= 11 is 0. The Morgan fingerprint density at radius 1 is 0.469 bits per heavy atom. The van der Waals surface area contributed by atoms with Crippen LogP contribution in [0, 0.1) is 0 Å². The lowest BCUT2D eigenvalue weighted by molar-refractivity contribution is -0.123. The van der Waals surface area contributed by atoms with Gasteiger partial charge in [-0.05, 0) is 19.3 Å².